The minimum Gasteiger partial charge on any atom is -0.398 e. The second kappa shape index (κ2) is 3.06. The Morgan fingerprint density at radius 1 is 1.38 bits per heavy atom. The Bertz CT molecular complexity index is 336. The minimum absolute atomic E-state index is 1.06. The fraction of sp³-hybridized carbons (Fsp3) is 0.500. The molecule has 0 fully saturated rings. The van der Waals surface area contributed by atoms with Gasteiger partial charge in [0.05, 0.1) is 0 Å². The molecule has 1 aliphatic carbocycles. The highest BCUT2D eigenvalue weighted by Gasteiger charge is 2.16. The molecule has 0 aliphatic heterocycles. The lowest BCUT2D eigenvalue weighted by Gasteiger charge is -2.12. The SMILES string of the molecule is CCc1c(C)cc2c(c1N)CCC2. The number of hydrogen-bond acceptors (Lipinski definition) is 1. The van der Waals surface area contributed by atoms with E-state index in [1.807, 2.05) is 0 Å². The molecular formula is C12H17N. The van der Waals surface area contributed by atoms with Crippen LogP contribution in [0.1, 0.15) is 35.6 Å². The van der Waals surface area contributed by atoms with E-state index in [9.17, 15) is 0 Å². The topological polar surface area (TPSA) is 26.0 Å². The van der Waals surface area contributed by atoms with Gasteiger partial charge in [-0.3, -0.25) is 0 Å². The first-order chi connectivity index (χ1) is 6.24. The molecule has 0 heterocycles. The van der Waals surface area contributed by atoms with Crippen molar-refractivity contribution in [2.75, 3.05) is 5.73 Å². The molecule has 1 heteroatoms. The monoisotopic (exact) mass is 175 g/mol. The summed E-state index contributed by atoms with van der Waals surface area (Å²) in [6, 6.07) is 2.33. The van der Waals surface area contributed by atoms with Gasteiger partial charge in [0.2, 0.25) is 0 Å². The lowest BCUT2D eigenvalue weighted by molar-refractivity contribution is 0.912. The predicted octanol–water partition coefficient (Wildman–Crippen LogP) is 2.63. The Labute approximate surface area is 80.0 Å². The van der Waals surface area contributed by atoms with E-state index in [1.165, 1.54) is 41.5 Å². The summed E-state index contributed by atoms with van der Waals surface area (Å²) in [4.78, 5) is 0. The molecule has 0 spiro atoms. The van der Waals surface area contributed by atoms with Gasteiger partial charge in [-0.2, -0.15) is 0 Å². The molecule has 70 valence electrons. The van der Waals surface area contributed by atoms with Crippen LogP contribution in [0.15, 0.2) is 6.07 Å². The number of hydrogen-bond donors (Lipinski definition) is 1. The number of rotatable bonds is 1. The van der Waals surface area contributed by atoms with E-state index in [4.69, 9.17) is 5.73 Å². The van der Waals surface area contributed by atoms with Crippen LogP contribution in [0.5, 0.6) is 0 Å². The van der Waals surface area contributed by atoms with Crippen LogP contribution >= 0.6 is 0 Å². The summed E-state index contributed by atoms with van der Waals surface area (Å²) in [6.07, 6.45) is 4.76. The quantitative estimate of drug-likeness (QED) is 0.652. The van der Waals surface area contributed by atoms with Crippen molar-refractivity contribution in [1.29, 1.82) is 0 Å². The third-order valence-electron chi connectivity index (χ3n) is 3.13. The average Bonchev–Trinajstić information content (AvgIpc) is 2.53. The third-order valence-corrected chi connectivity index (χ3v) is 3.13. The van der Waals surface area contributed by atoms with E-state index in [0.717, 1.165) is 12.1 Å². The smallest absolute Gasteiger partial charge is 0.0384 e. The normalized spacial score (nSPS) is 14.6. The van der Waals surface area contributed by atoms with Gasteiger partial charge in [-0.05, 0) is 54.9 Å². The molecule has 2 N–H and O–H groups in total. The summed E-state index contributed by atoms with van der Waals surface area (Å²) in [5, 5.41) is 0. The molecule has 0 radical (unpaired) electrons. The van der Waals surface area contributed by atoms with Crippen molar-refractivity contribution in [3.8, 4) is 0 Å². The number of benzene rings is 1. The fourth-order valence-electron chi connectivity index (χ4n) is 2.45. The van der Waals surface area contributed by atoms with Crippen molar-refractivity contribution in [3.63, 3.8) is 0 Å². The van der Waals surface area contributed by atoms with E-state index in [0.29, 0.717) is 0 Å². The van der Waals surface area contributed by atoms with E-state index in [-0.39, 0.29) is 0 Å². The van der Waals surface area contributed by atoms with Crippen LogP contribution < -0.4 is 5.73 Å². The standard InChI is InChI=1S/C12H17N/c1-3-10-8(2)7-9-5-4-6-11(9)12(10)13/h7H,3-6,13H2,1-2H3. The van der Waals surface area contributed by atoms with Gasteiger partial charge < -0.3 is 5.73 Å². The molecule has 0 aromatic heterocycles. The van der Waals surface area contributed by atoms with E-state index >= 15 is 0 Å². The summed E-state index contributed by atoms with van der Waals surface area (Å²) in [6.45, 7) is 4.35. The van der Waals surface area contributed by atoms with Crippen LogP contribution in [-0.2, 0) is 19.3 Å². The molecule has 0 amide bonds. The maximum absolute atomic E-state index is 6.15. The van der Waals surface area contributed by atoms with Crippen LogP contribution in [0.3, 0.4) is 0 Å². The highest BCUT2D eigenvalue weighted by Crippen LogP contribution is 2.32. The molecular weight excluding hydrogens is 158 g/mol. The number of fused-ring (bicyclic) bond motifs is 1. The second-order valence-electron chi connectivity index (χ2n) is 3.93. The van der Waals surface area contributed by atoms with Gasteiger partial charge in [-0.15, -0.1) is 0 Å². The van der Waals surface area contributed by atoms with Crippen LogP contribution in [0.2, 0.25) is 0 Å². The second-order valence-corrected chi connectivity index (χ2v) is 3.93. The van der Waals surface area contributed by atoms with Gasteiger partial charge in [-0.1, -0.05) is 13.0 Å². The van der Waals surface area contributed by atoms with Gasteiger partial charge in [0.15, 0.2) is 0 Å². The summed E-state index contributed by atoms with van der Waals surface area (Å²) < 4.78 is 0. The van der Waals surface area contributed by atoms with E-state index in [2.05, 4.69) is 19.9 Å². The van der Waals surface area contributed by atoms with E-state index < -0.39 is 0 Å². The lowest BCUT2D eigenvalue weighted by Crippen LogP contribution is -2.01. The largest absolute Gasteiger partial charge is 0.398 e. The Kier molecular flexibility index (Phi) is 2.03. The van der Waals surface area contributed by atoms with E-state index in [1.54, 1.807) is 0 Å². The molecule has 0 saturated heterocycles. The Hall–Kier alpha value is -0.980. The van der Waals surface area contributed by atoms with Crippen LogP contribution in [0.25, 0.3) is 0 Å². The summed E-state index contributed by atoms with van der Waals surface area (Å²) >= 11 is 0. The van der Waals surface area contributed by atoms with Crippen LogP contribution in [0, 0.1) is 6.92 Å². The minimum atomic E-state index is 1.06. The number of nitrogens with two attached hydrogens (primary N) is 1. The third kappa shape index (κ3) is 1.23. The molecule has 1 aliphatic rings. The molecule has 13 heavy (non-hydrogen) atoms. The van der Waals surface area contributed by atoms with Crippen molar-refractivity contribution in [3.05, 3.63) is 28.3 Å². The number of anilines is 1. The fourth-order valence-corrected chi connectivity index (χ4v) is 2.45. The average molecular weight is 175 g/mol. The number of aryl methyl sites for hydroxylation is 2. The van der Waals surface area contributed by atoms with Crippen molar-refractivity contribution in [2.45, 2.75) is 39.5 Å². The zero-order valence-corrected chi connectivity index (χ0v) is 8.48. The van der Waals surface area contributed by atoms with Crippen molar-refractivity contribution in [2.24, 2.45) is 0 Å². The first-order valence-corrected chi connectivity index (χ1v) is 5.13. The predicted molar refractivity (Wildman–Crippen MR) is 57.0 cm³/mol. The van der Waals surface area contributed by atoms with Crippen LogP contribution in [0.4, 0.5) is 5.69 Å². The Balaban J connectivity index is 2.62. The van der Waals surface area contributed by atoms with Gasteiger partial charge in [0.1, 0.15) is 0 Å². The zero-order chi connectivity index (χ0) is 9.42. The molecule has 0 unspecified atom stereocenters. The molecule has 1 nitrogen and oxygen atoms in total. The Morgan fingerprint density at radius 2 is 2.15 bits per heavy atom. The molecule has 0 saturated carbocycles. The molecule has 2 rings (SSSR count). The number of nitrogen functional groups attached to an aromatic ring is 1. The summed E-state index contributed by atoms with van der Waals surface area (Å²) in [5.74, 6) is 0. The van der Waals surface area contributed by atoms with Gasteiger partial charge in [-0.25, -0.2) is 0 Å². The van der Waals surface area contributed by atoms with Gasteiger partial charge >= 0.3 is 0 Å². The highest BCUT2D eigenvalue weighted by atomic mass is 14.6. The van der Waals surface area contributed by atoms with Gasteiger partial charge in [0.25, 0.3) is 0 Å². The lowest BCUT2D eigenvalue weighted by atomic mass is 9.97. The molecule has 1 aromatic rings. The zero-order valence-electron chi connectivity index (χ0n) is 8.48. The van der Waals surface area contributed by atoms with Crippen molar-refractivity contribution in [1.82, 2.24) is 0 Å². The maximum Gasteiger partial charge on any atom is 0.0384 e. The summed E-state index contributed by atoms with van der Waals surface area (Å²) in [7, 11) is 0. The first kappa shape index (κ1) is 8.61. The molecule has 0 bridgehead atoms. The maximum atomic E-state index is 6.15. The van der Waals surface area contributed by atoms with Crippen LogP contribution in [-0.4, -0.2) is 0 Å². The highest BCUT2D eigenvalue weighted by molar-refractivity contribution is 5.61. The Morgan fingerprint density at radius 3 is 2.85 bits per heavy atom. The summed E-state index contributed by atoms with van der Waals surface area (Å²) in [5.41, 5.74) is 12.9. The van der Waals surface area contributed by atoms with Crippen molar-refractivity contribution >= 4 is 5.69 Å². The van der Waals surface area contributed by atoms with Gasteiger partial charge in [0, 0.05) is 5.69 Å². The van der Waals surface area contributed by atoms with Crippen molar-refractivity contribution < 1.29 is 0 Å². The molecule has 0 atom stereocenters. The molecule has 1 aromatic carbocycles. The first-order valence-electron chi connectivity index (χ1n) is 5.13.